The number of aliphatic hydroxyl groups excluding tert-OH is 2. The van der Waals surface area contributed by atoms with E-state index in [2.05, 4.69) is 32.6 Å². The van der Waals surface area contributed by atoms with Crippen molar-refractivity contribution in [2.45, 2.75) is 103 Å². The normalized spacial score (nSPS) is 38.8. The van der Waals surface area contributed by atoms with Gasteiger partial charge in [-0.25, -0.2) is 0 Å². The predicted molar refractivity (Wildman–Crippen MR) is 121 cm³/mol. The standard InChI is InChI=1S/C26H42O4/c1-17-20(15-21(27)16-24(17)28)9-8-19-7-6-12-26(5)22(10-11-23(19)26)18(2)30-14-13-25(3,4)29/h8-9,18,21-24,27-29H,1,6-7,10-16H2,2-5H3/b19-8+,20-9-/t18-,21+,22+,23+,24-,26+/m0/s1. The Balaban J connectivity index is 1.70. The van der Waals surface area contributed by atoms with Gasteiger partial charge in [0.05, 0.1) is 23.9 Å². The van der Waals surface area contributed by atoms with E-state index in [9.17, 15) is 15.3 Å². The molecule has 6 atom stereocenters. The minimum Gasteiger partial charge on any atom is -0.393 e. The molecule has 0 radical (unpaired) electrons. The highest BCUT2D eigenvalue weighted by atomic mass is 16.5. The van der Waals surface area contributed by atoms with Gasteiger partial charge in [-0.15, -0.1) is 0 Å². The molecule has 0 bridgehead atoms. The molecule has 170 valence electrons. The number of hydrogen-bond acceptors (Lipinski definition) is 4. The third-order valence-corrected chi connectivity index (χ3v) is 7.96. The van der Waals surface area contributed by atoms with E-state index in [4.69, 9.17) is 4.74 Å². The Morgan fingerprint density at radius 1 is 1.27 bits per heavy atom. The number of ether oxygens (including phenoxy) is 1. The maximum absolute atomic E-state index is 10.1. The van der Waals surface area contributed by atoms with Crippen molar-refractivity contribution in [1.29, 1.82) is 0 Å². The molecule has 0 amide bonds. The highest BCUT2D eigenvalue weighted by molar-refractivity contribution is 5.38. The molecule has 4 heteroatoms. The molecule has 3 aliphatic rings. The second kappa shape index (κ2) is 9.28. The Hall–Kier alpha value is -0.940. The molecule has 0 spiro atoms. The summed E-state index contributed by atoms with van der Waals surface area (Å²) < 4.78 is 6.19. The fraction of sp³-hybridized carbons (Fsp3) is 0.769. The number of hydrogen-bond donors (Lipinski definition) is 3. The molecule has 0 aliphatic heterocycles. The summed E-state index contributed by atoms with van der Waals surface area (Å²) in [6, 6.07) is 0. The first kappa shape index (κ1) is 23.7. The van der Waals surface area contributed by atoms with Crippen LogP contribution in [0.2, 0.25) is 0 Å². The average molecular weight is 419 g/mol. The number of rotatable bonds is 6. The summed E-state index contributed by atoms with van der Waals surface area (Å²) in [5, 5.41) is 30.1. The maximum atomic E-state index is 10.1. The van der Waals surface area contributed by atoms with Crippen LogP contribution < -0.4 is 0 Å². The van der Waals surface area contributed by atoms with Gasteiger partial charge >= 0.3 is 0 Å². The summed E-state index contributed by atoms with van der Waals surface area (Å²) in [5.74, 6) is 1.11. The van der Waals surface area contributed by atoms with E-state index in [0.29, 0.717) is 37.7 Å². The van der Waals surface area contributed by atoms with Crippen molar-refractivity contribution < 1.29 is 20.1 Å². The lowest BCUT2D eigenvalue weighted by atomic mass is 9.62. The van der Waals surface area contributed by atoms with E-state index in [0.717, 1.165) is 17.6 Å². The van der Waals surface area contributed by atoms with Crippen molar-refractivity contribution in [2.24, 2.45) is 17.3 Å². The Morgan fingerprint density at radius 2 is 2.00 bits per heavy atom. The number of aliphatic hydroxyl groups is 3. The lowest BCUT2D eigenvalue weighted by Gasteiger charge is -2.44. The summed E-state index contributed by atoms with van der Waals surface area (Å²) in [7, 11) is 0. The summed E-state index contributed by atoms with van der Waals surface area (Å²) >= 11 is 0. The molecule has 0 aromatic heterocycles. The predicted octanol–water partition coefficient (Wildman–Crippen LogP) is 4.69. The first-order valence-electron chi connectivity index (χ1n) is 11.8. The van der Waals surface area contributed by atoms with Crippen LogP contribution in [-0.2, 0) is 4.74 Å². The van der Waals surface area contributed by atoms with Gasteiger partial charge in [0.15, 0.2) is 0 Å². The van der Waals surface area contributed by atoms with Crippen LogP contribution in [0, 0.1) is 17.3 Å². The van der Waals surface area contributed by atoms with Gasteiger partial charge in [0.2, 0.25) is 0 Å². The van der Waals surface area contributed by atoms with E-state index in [-0.39, 0.29) is 11.5 Å². The van der Waals surface area contributed by atoms with Crippen LogP contribution in [0.3, 0.4) is 0 Å². The van der Waals surface area contributed by atoms with Gasteiger partial charge in [0.1, 0.15) is 0 Å². The third-order valence-electron chi connectivity index (χ3n) is 7.96. The van der Waals surface area contributed by atoms with Crippen molar-refractivity contribution in [3.05, 3.63) is 35.5 Å². The van der Waals surface area contributed by atoms with Crippen molar-refractivity contribution in [3.8, 4) is 0 Å². The molecule has 0 heterocycles. The molecule has 4 nitrogen and oxygen atoms in total. The smallest absolute Gasteiger partial charge is 0.0811 e. The number of fused-ring (bicyclic) bond motifs is 1. The Morgan fingerprint density at radius 3 is 2.70 bits per heavy atom. The molecule has 3 fully saturated rings. The molecular weight excluding hydrogens is 376 g/mol. The minimum absolute atomic E-state index is 0.198. The van der Waals surface area contributed by atoms with Gasteiger partial charge in [-0.05, 0) is 94.1 Å². The lowest BCUT2D eigenvalue weighted by molar-refractivity contribution is -0.0454. The van der Waals surface area contributed by atoms with Gasteiger partial charge in [0, 0.05) is 13.0 Å². The van der Waals surface area contributed by atoms with E-state index in [1.807, 2.05) is 13.8 Å². The molecule has 0 aromatic rings. The summed E-state index contributed by atoms with van der Waals surface area (Å²) in [4.78, 5) is 0. The van der Waals surface area contributed by atoms with E-state index in [1.54, 1.807) is 0 Å². The Labute approximate surface area is 182 Å². The Bertz CT molecular complexity index is 686. The molecule has 30 heavy (non-hydrogen) atoms. The van der Waals surface area contributed by atoms with Crippen molar-refractivity contribution in [1.82, 2.24) is 0 Å². The van der Waals surface area contributed by atoms with Crippen molar-refractivity contribution >= 4 is 0 Å². The third kappa shape index (κ3) is 5.27. The molecule has 0 aromatic carbocycles. The van der Waals surface area contributed by atoms with Gasteiger partial charge in [-0.2, -0.15) is 0 Å². The van der Waals surface area contributed by atoms with Gasteiger partial charge in [-0.3, -0.25) is 0 Å². The SMILES string of the molecule is C=C1/C(=C\C=C2/CCC[C@@]3(C)[C@@H]2CC[C@@H]3[C@H](C)OCCC(C)(C)O)C[C@@H](O)C[C@@H]1O. The largest absolute Gasteiger partial charge is 0.393 e. The first-order chi connectivity index (χ1) is 14.0. The van der Waals surface area contributed by atoms with Gasteiger partial charge in [0.25, 0.3) is 0 Å². The molecule has 3 rings (SSSR count). The summed E-state index contributed by atoms with van der Waals surface area (Å²) in [6.07, 6.45) is 11.0. The molecular formula is C26H42O4. The van der Waals surface area contributed by atoms with Gasteiger partial charge in [-0.1, -0.05) is 31.2 Å². The fourth-order valence-corrected chi connectivity index (χ4v) is 6.13. The highest BCUT2D eigenvalue weighted by Gasteiger charge is 2.51. The molecule has 0 saturated heterocycles. The van der Waals surface area contributed by atoms with Crippen LogP contribution >= 0.6 is 0 Å². The zero-order valence-corrected chi connectivity index (χ0v) is 19.4. The van der Waals surface area contributed by atoms with Crippen LogP contribution in [0.4, 0.5) is 0 Å². The quantitative estimate of drug-likeness (QED) is 0.585. The van der Waals surface area contributed by atoms with Crippen LogP contribution in [0.15, 0.2) is 35.5 Å². The van der Waals surface area contributed by atoms with Gasteiger partial charge < -0.3 is 20.1 Å². The first-order valence-corrected chi connectivity index (χ1v) is 11.8. The van der Waals surface area contributed by atoms with E-state index >= 15 is 0 Å². The zero-order valence-electron chi connectivity index (χ0n) is 19.4. The lowest BCUT2D eigenvalue weighted by Crippen LogP contribution is -2.39. The van der Waals surface area contributed by atoms with Crippen LogP contribution in [0.25, 0.3) is 0 Å². The molecule has 0 unspecified atom stereocenters. The van der Waals surface area contributed by atoms with Crippen molar-refractivity contribution in [2.75, 3.05) is 6.61 Å². The Kier molecular flexibility index (Phi) is 7.33. The van der Waals surface area contributed by atoms with Crippen LogP contribution in [0.1, 0.15) is 79.1 Å². The average Bonchev–Trinajstić information content (AvgIpc) is 3.00. The summed E-state index contributed by atoms with van der Waals surface area (Å²) in [5.41, 5.74) is 2.82. The van der Waals surface area contributed by atoms with E-state index < -0.39 is 17.8 Å². The molecule has 3 aliphatic carbocycles. The molecule has 3 saturated carbocycles. The monoisotopic (exact) mass is 418 g/mol. The topological polar surface area (TPSA) is 69.9 Å². The molecule has 3 N–H and O–H groups in total. The second-order valence-electron chi connectivity index (χ2n) is 10.8. The van der Waals surface area contributed by atoms with E-state index in [1.165, 1.54) is 31.3 Å². The van der Waals surface area contributed by atoms with Crippen molar-refractivity contribution in [3.63, 3.8) is 0 Å². The van der Waals surface area contributed by atoms with Crippen LogP contribution in [0.5, 0.6) is 0 Å². The number of allylic oxidation sites excluding steroid dienone is 3. The fourth-order valence-electron chi connectivity index (χ4n) is 6.13. The van der Waals surface area contributed by atoms with Crippen LogP contribution in [-0.4, -0.2) is 45.8 Å². The highest BCUT2D eigenvalue weighted by Crippen LogP contribution is 2.58. The minimum atomic E-state index is -0.680. The maximum Gasteiger partial charge on any atom is 0.0811 e. The summed E-state index contributed by atoms with van der Waals surface area (Å²) in [6.45, 7) is 13.0. The second-order valence-corrected chi connectivity index (χ2v) is 10.8. The zero-order chi connectivity index (χ0) is 22.1.